The second-order valence-electron chi connectivity index (χ2n) is 4.85. The predicted molar refractivity (Wildman–Crippen MR) is 62.5 cm³/mol. The normalized spacial score (nSPS) is 26.1. The third kappa shape index (κ3) is 4.41. The first-order chi connectivity index (χ1) is 11.5. The van der Waals surface area contributed by atoms with Crippen molar-refractivity contribution < 1.29 is 63.7 Å². The number of ether oxygens (including phenoxy) is 4. The number of carbonyl (C=O) groups is 2. The van der Waals surface area contributed by atoms with Crippen LogP contribution in [-0.4, -0.2) is 55.5 Å². The van der Waals surface area contributed by atoms with Gasteiger partial charge in [-0.15, -0.1) is 0 Å². The molecule has 1 fully saturated rings. The molecule has 0 aliphatic carbocycles. The Labute approximate surface area is 139 Å². The molecule has 150 valence electrons. The number of alkyl halides is 8. The molecule has 0 spiro atoms. The van der Waals surface area contributed by atoms with Gasteiger partial charge in [-0.3, -0.25) is 9.53 Å². The van der Waals surface area contributed by atoms with Crippen LogP contribution in [0, 0.1) is 0 Å². The summed E-state index contributed by atoms with van der Waals surface area (Å²) in [5, 5.41) is 0. The molecule has 1 saturated heterocycles. The summed E-state index contributed by atoms with van der Waals surface area (Å²) in [6, 6.07) is 0. The molecule has 6 nitrogen and oxygen atoms in total. The molecule has 0 saturated carbocycles. The molecular weight excluding hydrogens is 392 g/mol. The molecule has 0 radical (unpaired) electrons. The summed E-state index contributed by atoms with van der Waals surface area (Å²) >= 11 is 0. The maximum Gasteiger partial charge on any atom is 0.462 e. The summed E-state index contributed by atoms with van der Waals surface area (Å²) < 4.78 is 119. The maximum absolute atomic E-state index is 13.7. The second-order valence-corrected chi connectivity index (χ2v) is 4.85. The van der Waals surface area contributed by atoms with E-state index in [-0.39, 0.29) is 0 Å². The Kier molecular flexibility index (Phi) is 5.93. The minimum atomic E-state index is -5.95. The SMILES string of the molecule is C=C(C(=O)OCC1OCC(F)(F)C(OC(C)=O)(C(F)(F)F)O1)C(F)(F)F. The van der Waals surface area contributed by atoms with E-state index < -0.39 is 61.1 Å². The van der Waals surface area contributed by atoms with Crippen molar-refractivity contribution in [2.75, 3.05) is 13.2 Å². The quantitative estimate of drug-likeness (QED) is 0.409. The number of hydrogen-bond acceptors (Lipinski definition) is 6. The van der Waals surface area contributed by atoms with Crippen molar-refractivity contribution in [2.45, 2.75) is 37.3 Å². The Morgan fingerprint density at radius 3 is 2.15 bits per heavy atom. The van der Waals surface area contributed by atoms with Gasteiger partial charge < -0.3 is 14.2 Å². The summed E-state index contributed by atoms with van der Waals surface area (Å²) in [7, 11) is 0. The van der Waals surface area contributed by atoms with Crippen LogP contribution in [0.4, 0.5) is 35.1 Å². The summed E-state index contributed by atoms with van der Waals surface area (Å²) in [5.74, 6) is -13.5. The molecule has 0 bridgehead atoms. The highest BCUT2D eigenvalue weighted by atomic mass is 19.4. The standard InChI is InChI=1S/C12H10F8O6/c1-5(10(15,16)17)8(22)23-3-7-24-4-9(13,14)11(26-7,12(18,19)20)25-6(2)21/h7H,1,3-4H2,2H3. The van der Waals surface area contributed by atoms with Gasteiger partial charge in [0.25, 0.3) is 0 Å². The van der Waals surface area contributed by atoms with Gasteiger partial charge in [0, 0.05) is 6.92 Å². The van der Waals surface area contributed by atoms with Gasteiger partial charge in [0.05, 0.1) is 0 Å². The molecule has 0 aromatic carbocycles. The Hall–Kier alpha value is -1.96. The predicted octanol–water partition coefficient (Wildman–Crippen LogP) is 2.48. The average Bonchev–Trinajstić information content (AvgIpc) is 2.44. The number of carbonyl (C=O) groups excluding carboxylic acids is 2. The molecule has 1 aliphatic heterocycles. The first-order valence-electron chi connectivity index (χ1n) is 6.40. The van der Waals surface area contributed by atoms with Gasteiger partial charge in [0.2, 0.25) is 0 Å². The Morgan fingerprint density at radius 2 is 1.73 bits per heavy atom. The average molecular weight is 402 g/mol. The molecule has 0 N–H and O–H groups in total. The molecular formula is C12H10F8O6. The highest BCUT2D eigenvalue weighted by Crippen LogP contribution is 2.49. The lowest BCUT2D eigenvalue weighted by atomic mass is 10.1. The number of hydrogen-bond donors (Lipinski definition) is 0. The van der Waals surface area contributed by atoms with Gasteiger partial charge >= 0.3 is 36.0 Å². The lowest BCUT2D eigenvalue weighted by Gasteiger charge is -2.44. The summed E-state index contributed by atoms with van der Waals surface area (Å²) in [4.78, 5) is 21.9. The number of halogens is 8. The van der Waals surface area contributed by atoms with Crippen molar-refractivity contribution >= 4 is 11.9 Å². The highest BCUT2D eigenvalue weighted by molar-refractivity contribution is 5.89. The van der Waals surface area contributed by atoms with E-state index in [1.54, 1.807) is 0 Å². The lowest BCUT2D eigenvalue weighted by Crippen LogP contribution is -2.69. The van der Waals surface area contributed by atoms with Crippen molar-refractivity contribution in [3.8, 4) is 0 Å². The molecule has 2 unspecified atom stereocenters. The fraction of sp³-hybridized carbons (Fsp3) is 0.667. The zero-order valence-corrected chi connectivity index (χ0v) is 12.7. The highest BCUT2D eigenvalue weighted by Gasteiger charge is 2.77. The first-order valence-corrected chi connectivity index (χ1v) is 6.40. The van der Waals surface area contributed by atoms with E-state index in [4.69, 9.17) is 0 Å². The van der Waals surface area contributed by atoms with Crippen molar-refractivity contribution in [2.24, 2.45) is 0 Å². The zero-order chi connectivity index (χ0) is 20.6. The molecule has 26 heavy (non-hydrogen) atoms. The lowest BCUT2D eigenvalue weighted by molar-refractivity contribution is -0.488. The third-order valence-electron chi connectivity index (χ3n) is 2.83. The van der Waals surface area contributed by atoms with Crippen LogP contribution in [0.2, 0.25) is 0 Å². The van der Waals surface area contributed by atoms with Gasteiger partial charge in [-0.2, -0.15) is 35.1 Å². The fourth-order valence-electron chi connectivity index (χ4n) is 1.66. The third-order valence-corrected chi connectivity index (χ3v) is 2.83. The second kappa shape index (κ2) is 6.98. The monoisotopic (exact) mass is 402 g/mol. The van der Waals surface area contributed by atoms with Crippen LogP contribution in [0.15, 0.2) is 12.2 Å². The van der Waals surface area contributed by atoms with E-state index in [1.807, 2.05) is 0 Å². The van der Waals surface area contributed by atoms with E-state index in [9.17, 15) is 44.7 Å². The van der Waals surface area contributed by atoms with Crippen molar-refractivity contribution in [3.05, 3.63) is 12.2 Å². The van der Waals surface area contributed by atoms with E-state index in [1.165, 1.54) is 0 Å². The fourth-order valence-corrected chi connectivity index (χ4v) is 1.66. The molecule has 2 atom stereocenters. The molecule has 0 aromatic rings. The van der Waals surface area contributed by atoms with Gasteiger partial charge in [0.15, 0.2) is 6.29 Å². The van der Waals surface area contributed by atoms with E-state index in [2.05, 4.69) is 25.5 Å². The molecule has 0 amide bonds. The van der Waals surface area contributed by atoms with Crippen molar-refractivity contribution in [1.82, 2.24) is 0 Å². The van der Waals surface area contributed by atoms with Crippen LogP contribution in [0.3, 0.4) is 0 Å². The topological polar surface area (TPSA) is 71.1 Å². The van der Waals surface area contributed by atoms with Gasteiger partial charge in [-0.1, -0.05) is 6.58 Å². The van der Waals surface area contributed by atoms with Crippen LogP contribution in [0.25, 0.3) is 0 Å². The molecule has 1 aliphatic rings. The molecule has 0 aromatic heterocycles. The van der Waals surface area contributed by atoms with Crippen LogP contribution in [-0.2, 0) is 28.5 Å². The van der Waals surface area contributed by atoms with Gasteiger partial charge in [0.1, 0.15) is 18.8 Å². The minimum absolute atomic E-state index is 0.394. The van der Waals surface area contributed by atoms with E-state index >= 15 is 0 Å². The molecule has 14 heteroatoms. The first kappa shape index (κ1) is 22.1. The van der Waals surface area contributed by atoms with E-state index in [0.717, 1.165) is 0 Å². The number of rotatable bonds is 4. The largest absolute Gasteiger partial charge is 0.462 e. The summed E-state index contributed by atoms with van der Waals surface area (Å²) in [5.41, 5.74) is -2.00. The van der Waals surface area contributed by atoms with Crippen LogP contribution < -0.4 is 0 Å². The number of esters is 2. The van der Waals surface area contributed by atoms with Crippen LogP contribution in [0.1, 0.15) is 6.92 Å². The maximum atomic E-state index is 13.7. The molecule has 1 heterocycles. The Balaban J connectivity index is 2.97. The van der Waals surface area contributed by atoms with Crippen molar-refractivity contribution in [1.29, 1.82) is 0 Å². The molecule has 1 rings (SSSR count). The van der Waals surface area contributed by atoms with Crippen LogP contribution in [0.5, 0.6) is 0 Å². The van der Waals surface area contributed by atoms with Gasteiger partial charge in [-0.25, -0.2) is 4.79 Å². The van der Waals surface area contributed by atoms with Crippen molar-refractivity contribution in [3.63, 3.8) is 0 Å². The van der Waals surface area contributed by atoms with E-state index in [0.29, 0.717) is 6.92 Å². The minimum Gasteiger partial charge on any atom is -0.457 e. The zero-order valence-electron chi connectivity index (χ0n) is 12.7. The smallest absolute Gasteiger partial charge is 0.457 e. The van der Waals surface area contributed by atoms with Crippen LogP contribution >= 0.6 is 0 Å². The summed E-state index contributed by atoms with van der Waals surface area (Å²) in [6.45, 7) is -0.662. The Morgan fingerprint density at radius 1 is 1.19 bits per heavy atom. The Bertz CT molecular complexity index is 583. The summed E-state index contributed by atoms with van der Waals surface area (Å²) in [6.07, 6.45) is -13.5. The van der Waals surface area contributed by atoms with Gasteiger partial charge in [-0.05, 0) is 0 Å².